The second kappa shape index (κ2) is 4.98. The summed E-state index contributed by atoms with van der Waals surface area (Å²) in [5, 5.41) is 8.85. The Morgan fingerprint density at radius 2 is 2.26 bits per heavy atom. The Hall–Kier alpha value is -1.33. The van der Waals surface area contributed by atoms with E-state index in [9.17, 15) is 4.79 Å². The SMILES string of the molecule is O=C(O)C1CN(CC2=Cc3cc(Br)ccc3OC2)C1. The fraction of sp³-hybridized carbons (Fsp3) is 0.357. The summed E-state index contributed by atoms with van der Waals surface area (Å²) < 4.78 is 6.73. The van der Waals surface area contributed by atoms with Crippen molar-refractivity contribution < 1.29 is 14.6 Å². The van der Waals surface area contributed by atoms with Crippen LogP contribution < -0.4 is 4.74 Å². The monoisotopic (exact) mass is 323 g/mol. The van der Waals surface area contributed by atoms with E-state index in [1.54, 1.807) is 0 Å². The number of nitrogens with zero attached hydrogens (tertiary/aromatic N) is 1. The molecule has 2 aliphatic heterocycles. The Morgan fingerprint density at radius 1 is 1.47 bits per heavy atom. The number of benzene rings is 1. The molecule has 100 valence electrons. The molecule has 0 aromatic heterocycles. The largest absolute Gasteiger partial charge is 0.489 e. The number of fused-ring (bicyclic) bond motifs is 1. The molecule has 19 heavy (non-hydrogen) atoms. The second-order valence-electron chi connectivity index (χ2n) is 5.00. The molecule has 3 rings (SSSR count). The van der Waals surface area contributed by atoms with Crippen LogP contribution in [0.2, 0.25) is 0 Å². The van der Waals surface area contributed by atoms with E-state index < -0.39 is 5.97 Å². The average Bonchev–Trinajstić information content (AvgIpc) is 2.32. The van der Waals surface area contributed by atoms with Gasteiger partial charge >= 0.3 is 5.97 Å². The Kier molecular flexibility index (Phi) is 3.33. The molecule has 1 saturated heterocycles. The molecule has 2 heterocycles. The Labute approximate surface area is 119 Å². The fourth-order valence-electron chi connectivity index (χ4n) is 2.43. The summed E-state index contributed by atoms with van der Waals surface area (Å²) in [6.45, 7) is 2.65. The summed E-state index contributed by atoms with van der Waals surface area (Å²) in [5.41, 5.74) is 2.26. The van der Waals surface area contributed by atoms with Crippen LogP contribution in [-0.4, -0.2) is 42.2 Å². The van der Waals surface area contributed by atoms with Crippen molar-refractivity contribution in [1.82, 2.24) is 4.90 Å². The zero-order valence-electron chi connectivity index (χ0n) is 10.3. The third-order valence-corrected chi connectivity index (χ3v) is 3.97. The van der Waals surface area contributed by atoms with E-state index >= 15 is 0 Å². The summed E-state index contributed by atoms with van der Waals surface area (Å²) in [6.07, 6.45) is 2.14. The number of carboxylic acids is 1. The Bertz CT molecular complexity index is 550. The van der Waals surface area contributed by atoms with Gasteiger partial charge in [-0.25, -0.2) is 0 Å². The predicted molar refractivity (Wildman–Crippen MR) is 75.2 cm³/mol. The molecule has 0 saturated carbocycles. The van der Waals surface area contributed by atoms with Crippen molar-refractivity contribution in [2.75, 3.05) is 26.2 Å². The number of rotatable bonds is 3. The van der Waals surface area contributed by atoms with E-state index in [1.165, 1.54) is 5.57 Å². The Morgan fingerprint density at radius 3 is 3.00 bits per heavy atom. The van der Waals surface area contributed by atoms with Gasteiger partial charge in [-0.3, -0.25) is 9.69 Å². The van der Waals surface area contributed by atoms with E-state index in [2.05, 4.69) is 26.9 Å². The highest BCUT2D eigenvalue weighted by atomic mass is 79.9. The number of ether oxygens (including phenoxy) is 1. The first kappa shape index (κ1) is 12.7. The topological polar surface area (TPSA) is 49.8 Å². The normalized spacial score (nSPS) is 19.1. The number of hydrogen-bond acceptors (Lipinski definition) is 3. The van der Waals surface area contributed by atoms with E-state index in [0.717, 1.165) is 22.3 Å². The van der Waals surface area contributed by atoms with Crippen LogP contribution in [0.5, 0.6) is 5.75 Å². The van der Waals surface area contributed by atoms with Gasteiger partial charge in [-0.2, -0.15) is 0 Å². The van der Waals surface area contributed by atoms with Gasteiger partial charge in [-0.1, -0.05) is 15.9 Å². The smallest absolute Gasteiger partial charge is 0.309 e. The lowest BCUT2D eigenvalue weighted by molar-refractivity contribution is -0.147. The molecule has 5 heteroatoms. The van der Waals surface area contributed by atoms with Crippen LogP contribution >= 0.6 is 15.9 Å². The quantitative estimate of drug-likeness (QED) is 0.926. The minimum absolute atomic E-state index is 0.202. The number of halogens is 1. The van der Waals surface area contributed by atoms with Crippen molar-refractivity contribution in [2.45, 2.75) is 0 Å². The van der Waals surface area contributed by atoms with Crippen molar-refractivity contribution in [3.8, 4) is 5.75 Å². The van der Waals surface area contributed by atoms with Crippen molar-refractivity contribution in [3.05, 3.63) is 33.8 Å². The maximum atomic E-state index is 10.7. The Balaban J connectivity index is 1.66. The average molecular weight is 324 g/mol. The molecule has 4 nitrogen and oxygen atoms in total. The minimum Gasteiger partial charge on any atom is -0.489 e. The fourth-order valence-corrected chi connectivity index (χ4v) is 2.81. The third-order valence-electron chi connectivity index (χ3n) is 3.48. The van der Waals surface area contributed by atoms with Crippen LogP contribution in [0.15, 0.2) is 28.2 Å². The van der Waals surface area contributed by atoms with Gasteiger partial charge in [0.2, 0.25) is 0 Å². The van der Waals surface area contributed by atoms with Crippen molar-refractivity contribution >= 4 is 28.0 Å². The van der Waals surface area contributed by atoms with Gasteiger partial charge in [0.15, 0.2) is 0 Å². The van der Waals surface area contributed by atoms with Gasteiger partial charge in [0.1, 0.15) is 12.4 Å². The number of carboxylic acid groups (broad SMARTS) is 1. The van der Waals surface area contributed by atoms with E-state index in [-0.39, 0.29) is 5.92 Å². The van der Waals surface area contributed by atoms with E-state index in [4.69, 9.17) is 9.84 Å². The molecule has 0 unspecified atom stereocenters. The molecular formula is C14H14BrNO3. The number of likely N-dealkylation sites (tertiary alicyclic amines) is 1. The highest BCUT2D eigenvalue weighted by molar-refractivity contribution is 9.10. The molecule has 1 fully saturated rings. The van der Waals surface area contributed by atoms with Crippen molar-refractivity contribution in [3.63, 3.8) is 0 Å². The molecule has 1 aromatic rings. The summed E-state index contributed by atoms with van der Waals surface area (Å²) in [5.74, 6) is 0.00455. The lowest BCUT2D eigenvalue weighted by Crippen LogP contribution is -2.51. The van der Waals surface area contributed by atoms with Gasteiger partial charge in [0.25, 0.3) is 0 Å². The van der Waals surface area contributed by atoms with Crippen LogP contribution in [0.3, 0.4) is 0 Å². The van der Waals surface area contributed by atoms with Crippen LogP contribution in [-0.2, 0) is 4.79 Å². The lowest BCUT2D eigenvalue weighted by Gasteiger charge is -2.37. The third kappa shape index (κ3) is 2.67. The van der Waals surface area contributed by atoms with Crippen LogP contribution in [0.4, 0.5) is 0 Å². The lowest BCUT2D eigenvalue weighted by atomic mass is 9.99. The summed E-state index contributed by atoms with van der Waals surface area (Å²) in [4.78, 5) is 12.9. The second-order valence-corrected chi connectivity index (χ2v) is 5.92. The zero-order valence-corrected chi connectivity index (χ0v) is 11.9. The molecule has 0 atom stereocenters. The van der Waals surface area contributed by atoms with E-state index in [0.29, 0.717) is 19.7 Å². The maximum Gasteiger partial charge on any atom is 0.309 e. The summed E-state index contributed by atoms with van der Waals surface area (Å²) >= 11 is 3.45. The van der Waals surface area contributed by atoms with Crippen LogP contribution in [0, 0.1) is 5.92 Å². The van der Waals surface area contributed by atoms with Gasteiger partial charge < -0.3 is 9.84 Å². The van der Waals surface area contributed by atoms with E-state index in [1.807, 2.05) is 18.2 Å². The van der Waals surface area contributed by atoms with Crippen LogP contribution in [0.25, 0.3) is 6.08 Å². The molecule has 0 amide bonds. The molecule has 1 aromatic carbocycles. The van der Waals surface area contributed by atoms with Crippen molar-refractivity contribution in [2.24, 2.45) is 5.92 Å². The summed E-state index contributed by atoms with van der Waals surface area (Å²) in [7, 11) is 0. The number of aliphatic carboxylic acids is 1. The first-order valence-electron chi connectivity index (χ1n) is 6.19. The van der Waals surface area contributed by atoms with Crippen LogP contribution in [0.1, 0.15) is 5.56 Å². The molecule has 0 bridgehead atoms. The molecule has 1 N–H and O–H groups in total. The highest BCUT2D eigenvalue weighted by Gasteiger charge is 2.32. The van der Waals surface area contributed by atoms with Gasteiger partial charge in [0.05, 0.1) is 5.92 Å². The predicted octanol–water partition coefficient (Wildman–Crippen LogP) is 2.24. The molecule has 0 aliphatic carbocycles. The zero-order chi connectivity index (χ0) is 13.4. The van der Waals surface area contributed by atoms with Gasteiger partial charge in [0, 0.05) is 29.7 Å². The summed E-state index contributed by atoms with van der Waals surface area (Å²) in [6, 6.07) is 5.95. The van der Waals surface area contributed by atoms with Crippen molar-refractivity contribution in [1.29, 1.82) is 0 Å². The first-order valence-corrected chi connectivity index (χ1v) is 6.98. The molecular weight excluding hydrogens is 310 g/mol. The molecule has 2 aliphatic rings. The number of hydrogen-bond donors (Lipinski definition) is 1. The minimum atomic E-state index is -0.695. The first-order chi connectivity index (χ1) is 9.11. The highest BCUT2D eigenvalue weighted by Crippen LogP contribution is 2.30. The molecule has 0 spiro atoms. The van der Waals surface area contributed by atoms with Gasteiger partial charge in [-0.05, 0) is 29.8 Å². The van der Waals surface area contributed by atoms with Gasteiger partial charge in [-0.15, -0.1) is 0 Å². The maximum absolute atomic E-state index is 10.7. The standard InChI is InChI=1S/C14H14BrNO3/c15-12-1-2-13-10(4-12)3-9(8-19-13)5-16-6-11(7-16)14(17)18/h1-4,11H,5-8H2,(H,17,18). The molecule has 0 radical (unpaired) electrons. The number of carbonyl (C=O) groups is 1.